The van der Waals surface area contributed by atoms with Gasteiger partial charge in [-0.3, -0.25) is 4.90 Å². The molecule has 1 aliphatic rings. The molecule has 1 fully saturated rings. The number of rotatable bonds is 2. The molecule has 1 saturated heterocycles. The van der Waals surface area contributed by atoms with Gasteiger partial charge in [-0.25, -0.2) is 9.59 Å². The standard InChI is InChI=1S/C8H13NO4/c1-2-5-3-4-9(8(12)13)6(5)7(10)11/h5-6H,2-4H2,1H3,(H,10,11)(H,12,13)/t5-,6+/m1/s1. The summed E-state index contributed by atoms with van der Waals surface area (Å²) in [6.45, 7) is 2.22. The molecule has 1 rings (SSSR count). The Bertz CT molecular complexity index is 228. The number of hydrogen-bond donors (Lipinski definition) is 2. The van der Waals surface area contributed by atoms with Crippen LogP contribution in [0.1, 0.15) is 19.8 Å². The lowest BCUT2D eigenvalue weighted by molar-refractivity contribution is -0.142. The van der Waals surface area contributed by atoms with Crippen LogP contribution in [0.4, 0.5) is 4.79 Å². The summed E-state index contributed by atoms with van der Waals surface area (Å²) < 4.78 is 0. The molecule has 2 atom stereocenters. The molecule has 0 aromatic heterocycles. The molecule has 74 valence electrons. The molecule has 1 aliphatic heterocycles. The fraction of sp³-hybridized carbons (Fsp3) is 0.750. The van der Waals surface area contributed by atoms with Crippen LogP contribution in [0.25, 0.3) is 0 Å². The van der Waals surface area contributed by atoms with Crippen LogP contribution < -0.4 is 0 Å². The fourth-order valence-electron chi connectivity index (χ4n) is 1.83. The molecule has 0 aromatic carbocycles. The van der Waals surface area contributed by atoms with Crippen molar-refractivity contribution in [2.24, 2.45) is 5.92 Å². The monoisotopic (exact) mass is 187 g/mol. The molecule has 5 heteroatoms. The zero-order valence-electron chi connectivity index (χ0n) is 7.43. The highest BCUT2D eigenvalue weighted by atomic mass is 16.4. The van der Waals surface area contributed by atoms with Crippen molar-refractivity contribution in [1.82, 2.24) is 4.90 Å². The summed E-state index contributed by atoms with van der Waals surface area (Å²) in [6, 6.07) is -0.845. The van der Waals surface area contributed by atoms with Crippen molar-refractivity contribution in [2.45, 2.75) is 25.8 Å². The lowest BCUT2D eigenvalue weighted by Gasteiger charge is -2.20. The van der Waals surface area contributed by atoms with E-state index in [0.29, 0.717) is 19.4 Å². The predicted molar refractivity (Wildman–Crippen MR) is 44.6 cm³/mol. The van der Waals surface area contributed by atoms with Gasteiger partial charge in [0.25, 0.3) is 0 Å². The van der Waals surface area contributed by atoms with Gasteiger partial charge in [0.1, 0.15) is 6.04 Å². The summed E-state index contributed by atoms with van der Waals surface area (Å²) in [6.07, 6.45) is 0.226. The number of hydrogen-bond acceptors (Lipinski definition) is 2. The van der Waals surface area contributed by atoms with E-state index >= 15 is 0 Å². The summed E-state index contributed by atoms with van der Waals surface area (Å²) in [7, 11) is 0. The Labute approximate surface area is 76.0 Å². The van der Waals surface area contributed by atoms with E-state index in [0.717, 1.165) is 4.90 Å². The van der Waals surface area contributed by atoms with Gasteiger partial charge in [-0.2, -0.15) is 0 Å². The minimum Gasteiger partial charge on any atom is -0.480 e. The van der Waals surface area contributed by atoms with Gasteiger partial charge < -0.3 is 10.2 Å². The average molecular weight is 187 g/mol. The number of nitrogens with zero attached hydrogens (tertiary/aromatic N) is 1. The first-order valence-electron chi connectivity index (χ1n) is 4.30. The van der Waals surface area contributed by atoms with E-state index in [1.54, 1.807) is 0 Å². The maximum atomic E-state index is 10.8. The van der Waals surface area contributed by atoms with Crippen molar-refractivity contribution in [3.63, 3.8) is 0 Å². The molecule has 0 saturated carbocycles. The average Bonchev–Trinajstić information content (AvgIpc) is 2.46. The minimum atomic E-state index is -1.14. The summed E-state index contributed by atoms with van der Waals surface area (Å²) in [5.41, 5.74) is 0. The predicted octanol–water partition coefficient (Wildman–Crippen LogP) is 0.850. The number of carboxylic acid groups (broad SMARTS) is 2. The number of amides is 1. The number of carbonyl (C=O) groups is 2. The number of aliphatic carboxylic acids is 1. The fourth-order valence-corrected chi connectivity index (χ4v) is 1.83. The SMILES string of the molecule is CC[C@@H]1CCN(C(=O)O)[C@@H]1C(=O)O. The number of carboxylic acids is 1. The highest BCUT2D eigenvalue weighted by Gasteiger charge is 2.40. The molecule has 0 spiro atoms. The second kappa shape index (κ2) is 3.64. The molecule has 13 heavy (non-hydrogen) atoms. The molecular formula is C8H13NO4. The van der Waals surface area contributed by atoms with Crippen LogP contribution in [-0.4, -0.2) is 39.8 Å². The molecule has 1 heterocycles. The van der Waals surface area contributed by atoms with Crippen molar-refractivity contribution >= 4 is 12.1 Å². The van der Waals surface area contributed by atoms with Crippen LogP contribution in [0.2, 0.25) is 0 Å². The smallest absolute Gasteiger partial charge is 0.408 e. The van der Waals surface area contributed by atoms with E-state index in [1.807, 2.05) is 6.92 Å². The van der Waals surface area contributed by atoms with Crippen LogP contribution in [0.5, 0.6) is 0 Å². The van der Waals surface area contributed by atoms with E-state index in [2.05, 4.69) is 0 Å². The molecule has 0 radical (unpaired) electrons. The van der Waals surface area contributed by atoms with Crippen LogP contribution in [-0.2, 0) is 4.79 Å². The molecule has 0 aliphatic carbocycles. The maximum absolute atomic E-state index is 10.8. The highest BCUT2D eigenvalue weighted by molar-refractivity contribution is 5.80. The number of likely N-dealkylation sites (tertiary alicyclic amines) is 1. The third-order valence-corrected chi connectivity index (χ3v) is 2.55. The molecule has 5 nitrogen and oxygen atoms in total. The molecule has 2 N–H and O–H groups in total. The summed E-state index contributed by atoms with van der Waals surface area (Å²) >= 11 is 0. The lowest BCUT2D eigenvalue weighted by Crippen LogP contribution is -2.42. The zero-order chi connectivity index (χ0) is 10.0. The van der Waals surface area contributed by atoms with Gasteiger partial charge in [0, 0.05) is 6.54 Å². The Morgan fingerprint density at radius 2 is 2.08 bits per heavy atom. The van der Waals surface area contributed by atoms with Crippen LogP contribution in [0.15, 0.2) is 0 Å². The van der Waals surface area contributed by atoms with Crippen LogP contribution in [0, 0.1) is 5.92 Å². The minimum absolute atomic E-state index is 0.0337. The van der Waals surface area contributed by atoms with E-state index < -0.39 is 18.1 Å². The second-order valence-electron chi connectivity index (χ2n) is 3.22. The topological polar surface area (TPSA) is 77.8 Å². The first kappa shape index (κ1) is 9.83. The Morgan fingerprint density at radius 1 is 1.46 bits per heavy atom. The normalized spacial score (nSPS) is 27.6. The molecule has 0 unspecified atom stereocenters. The van der Waals surface area contributed by atoms with Crippen molar-refractivity contribution in [3.05, 3.63) is 0 Å². The van der Waals surface area contributed by atoms with Gasteiger partial charge in [-0.05, 0) is 12.3 Å². The molecular weight excluding hydrogens is 174 g/mol. The molecule has 0 bridgehead atoms. The van der Waals surface area contributed by atoms with Gasteiger partial charge in [-0.1, -0.05) is 13.3 Å². The van der Waals surface area contributed by atoms with Crippen molar-refractivity contribution in [3.8, 4) is 0 Å². The Hall–Kier alpha value is -1.26. The Morgan fingerprint density at radius 3 is 2.46 bits per heavy atom. The third-order valence-electron chi connectivity index (χ3n) is 2.55. The lowest BCUT2D eigenvalue weighted by atomic mass is 9.98. The Kier molecular flexibility index (Phi) is 2.75. The molecule has 0 aromatic rings. The van der Waals surface area contributed by atoms with Crippen molar-refractivity contribution in [2.75, 3.05) is 6.54 Å². The third kappa shape index (κ3) is 1.74. The van der Waals surface area contributed by atoms with Gasteiger partial charge in [0.15, 0.2) is 0 Å². The van der Waals surface area contributed by atoms with E-state index in [4.69, 9.17) is 10.2 Å². The van der Waals surface area contributed by atoms with Gasteiger partial charge in [-0.15, -0.1) is 0 Å². The first-order valence-corrected chi connectivity index (χ1v) is 4.30. The van der Waals surface area contributed by atoms with Crippen molar-refractivity contribution < 1.29 is 19.8 Å². The highest BCUT2D eigenvalue weighted by Crippen LogP contribution is 2.27. The summed E-state index contributed by atoms with van der Waals surface area (Å²) in [4.78, 5) is 22.4. The van der Waals surface area contributed by atoms with Gasteiger partial charge in [0.2, 0.25) is 0 Å². The summed E-state index contributed by atoms with van der Waals surface area (Å²) in [5, 5.41) is 17.5. The second-order valence-corrected chi connectivity index (χ2v) is 3.22. The quantitative estimate of drug-likeness (QED) is 0.671. The first-order chi connectivity index (χ1) is 6.07. The largest absolute Gasteiger partial charge is 0.480 e. The van der Waals surface area contributed by atoms with Crippen LogP contribution >= 0.6 is 0 Å². The maximum Gasteiger partial charge on any atom is 0.408 e. The Balaban J connectivity index is 2.78. The van der Waals surface area contributed by atoms with Crippen molar-refractivity contribution in [1.29, 1.82) is 0 Å². The van der Waals surface area contributed by atoms with Gasteiger partial charge >= 0.3 is 12.1 Å². The van der Waals surface area contributed by atoms with E-state index in [-0.39, 0.29) is 5.92 Å². The zero-order valence-corrected chi connectivity index (χ0v) is 7.43. The molecule has 1 amide bonds. The van der Waals surface area contributed by atoms with Gasteiger partial charge in [0.05, 0.1) is 0 Å². The van der Waals surface area contributed by atoms with E-state index in [9.17, 15) is 9.59 Å². The summed E-state index contributed by atoms with van der Waals surface area (Å²) in [5.74, 6) is -1.07. The van der Waals surface area contributed by atoms with Crippen LogP contribution in [0.3, 0.4) is 0 Å². The van der Waals surface area contributed by atoms with E-state index in [1.165, 1.54) is 0 Å².